The standard InChI is InChI=1S/C14H17BrN2O/c1-4-17-12(8-11(3)16-17)9-18-14-6-5-10(2)7-13(14)15/h5-8H,4,9H2,1-3H3. The largest absolute Gasteiger partial charge is 0.486 e. The van der Waals surface area contributed by atoms with Crippen LogP contribution in [0.4, 0.5) is 0 Å². The molecule has 0 saturated heterocycles. The van der Waals surface area contributed by atoms with Gasteiger partial charge in [-0.1, -0.05) is 6.07 Å². The Labute approximate surface area is 116 Å². The molecule has 0 unspecified atom stereocenters. The van der Waals surface area contributed by atoms with Crippen LogP contribution in [0.2, 0.25) is 0 Å². The number of ether oxygens (including phenoxy) is 1. The summed E-state index contributed by atoms with van der Waals surface area (Å²) < 4.78 is 8.78. The summed E-state index contributed by atoms with van der Waals surface area (Å²) in [5.74, 6) is 0.863. The van der Waals surface area contributed by atoms with Gasteiger partial charge >= 0.3 is 0 Å². The molecule has 0 aliphatic heterocycles. The van der Waals surface area contributed by atoms with Gasteiger partial charge in [0.05, 0.1) is 15.9 Å². The molecule has 0 aliphatic carbocycles. The average molecular weight is 309 g/mol. The van der Waals surface area contributed by atoms with Gasteiger partial charge in [0.2, 0.25) is 0 Å². The van der Waals surface area contributed by atoms with Crippen LogP contribution >= 0.6 is 15.9 Å². The van der Waals surface area contributed by atoms with Gasteiger partial charge < -0.3 is 4.74 Å². The Kier molecular flexibility index (Phi) is 4.07. The van der Waals surface area contributed by atoms with E-state index in [1.807, 2.05) is 23.7 Å². The van der Waals surface area contributed by atoms with Crippen molar-refractivity contribution in [2.45, 2.75) is 33.9 Å². The third-order valence-electron chi connectivity index (χ3n) is 2.75. The van der Waals surface area contributed by atoms with Crippen molar-refractivity contribution < 1.29 is 4.74 Å². The molecule has 0 aliphatic rings. The van der Waals surface area contributed by atoms with Gasteiger partial charge in [0, 0.05) is 6.54 Å². The first-order chi connectivity index (χ1) is 8.60. The molecule has 1 aromatic heterocycles. The average Bonchev–Trinajstić information content (AvgIpc) is 2.68. The van der Waals surface area contributed by atoms with Crippen LogP contribution in [0.5, 0.6) is 5.75 Å². The van der Waals surface area contributed by atoms with Crippen LogP contribution in [0.1, 0.15) is 23.9 Å². The number of aromatic nitrogens is 2. The molecule has 2 rings (SSSR count). The second-order valence-corrected chi connectivity index (χ2v) is 5.17. The Bertz CT molecular complexity index is 549. The predicted octanol–water partition coefficient (Wildman–Crippen LogP) is 3.86. The van der Waals surface area contributed by atoms with Crippen molar-refractivity contribution >= 4 is 15.9 Å². The number of benzene rings is 1. The molecule has 1 heterocycles. The van der Waals surface area contributed by atoms with Crippen molar-refractivity contribution in [1.29, 1.82) is 0 Å². The maximum atomic E-state index is 5.83. The van der Waals surface area contributed by atoms with Crippen molar-refractivity contribution in [3.05, 3.63) is 45.7 Å². The highest BCUT2D eigenvalue weighted by Gasteiger charge is 2.06. The van der Waals surface area contributed by atoms with Crippen LogP contribution in [0.15, 0.2) is 28.7 Å². The molecular formula is C14H17BrN2O. The molecule has 0 atom stereocenters. The minimum atomic E-state index is 0.538. The molecule has 0 bridgehead atoms. The lowest BCUT2D eigenvalue weighted by molar-refractivity contribution is 0.290. The lowest BCUT2D eigenvalue weighted by atomic mass is 10.2. The van der Waals surface area contributed by atoms with Gasteiger partial charge in [0.15, 0.2) is 0 Å². The van der Waals surface area contributed by atoms with E-state index < -0.39 is 0 Å². The van der Waals surface area contributed by atoms with Crippen molar-refractivity contribution in [3.63, 3.8) is 0 Å². The third kappa shape index (κ3) is 2.93. The molecule has 96 valence electrons. The normalized spacial score (nSPS) is 10.7. The van der Waals surface area contributed by atoms with Gasteiger partial charge in [0.25, 0.3) is 0 Å². The fourth-order valence-electron chi connectivity index (χ4n) is 1.86. The number of nitrogens with zero attached hydrogens (tertiary/aromatic N) is 2. The first-order valence-corrected chi connectivity index (χ1v) is 6.81. The second-order valence-electron chi connectivity index (χ2n) is 4.32. The van der Waals surface area contributed by atoms with Gasteiger partial charge in [-0.2, -0.15) is 5.10 Å². The van der Waals surface area contributed by atoms with E-state index in [0.29, 0.717) is 6.61 Å². The Morgan fingerprint density at radius 2 is 2.06 bits per heavy atom. The molecule has 0 spiro atoms. The molecule has 0 radical (unpaired) electrons. The van der Waals surface area contributed by atoms with Crippen molar-refractivity contribution in [1.82, 2.24) is 9.78 Å². The highest BCUT2D eigenvalue weighted by Crippen LogP contribution is 2.26. The summed E-state index contributed by atoms with van der Waals surface area (Å²) in [6, 6.07) is 8.14. The van der Waals surface area contributed by atoms with E-state index in [1.165, 1.54) is 5.56 Å². The number of aryl methyl sites for hydroxylation is 3. The number of halogens is 1. The quantitative estimate of drug-likeness (QED) is 0.857. The zero-order valence-electron chi connectivity index (χ0n) is 10.9. The molecule has 4 heteroatoms. The maximum Gasteiger partial charge on any atom is 0.134 e. The minimum absolute atomic E-state index is 0.538. The predicted molar refractivity (Wildman–Crippen MR) is 75.8 cm³/mol. The molecule has 18 heavy (non-hydrogen) atoms. The summed E-state index contributed by atoms with van der Waals surface area (Å²) in [6.07, 6.45) is 0. The zero-order chi connectivity index (χ0) is 13.1. The monoisotopic (exact) mass is 308 g/mol. The Balaban J connectivity index is 2.11. The SMILES string of the molecule is CCn1nc(C)cc1COc1ccc(C)cc1Br. The summed E-state index contributed by atoms with van der Waals surface area (Å²) in [5, 5.41) is 4.40. The van der Waals surface area contributed by atoms with Gasteiger partial charge in [-0.05, 0) is 60.5 Å². The lowest BCUT2D eigenvalue weighted by Gasteiger charge is -2.09. The summed E-state index contributed by atoms with van der Waals surface area (Å²) in [7, 11) is 0. The molecule has 0 fully saturated rings. The molecule has 3 nitrogen and oxygen atoms in total. The van der Waals surface area contributed by atoms with E-state index in [-0.39, 0.29) is 0 Å². The first-order valence-electron chi connectivity index (χ1n) is 6.02. The summed E-state index contributed by atoms with van der Waals surface area (Å²) in [5.41, 5.74) is 3.34. The number of hydrogen-bond acceptors (Lipinski definition) is 2. The Hall–Kier alpha value is -1.29. The fourth-order valence-corrected chi connectivity index (χ4v) is 2.47. The summed E-state index contributed by atoms with van der Waals surface area (Å²) in [6.45, 7) is 7.54. The zero-order valence-corrected chi connectivity index (χ0v) is 12.5. The van der Waals surface area contributed by atoms with Crippen LogP contribution in [0, 0.1) is 13.8 Å². The van der Waals surface area contributed by atoms with Crippen LogP contribution in [0.25, 0.3) is 0 Å². The molecule has 1 aromatic carbocycles. The van der Waals surface area contributed by atoms with Gasteiger partial charge in [-0.3, -0.25) is 4.68 Å². The van der Waals surface area contributed by atoms with Gasteiger partial charge in [-0.25, -0.2) is 0 Å². The molecule has 0 saturated carbocycles. The van der Waals surface area contributed by atoms with Crippen LogP contribution in [-0.2, 0) is 13.2 Å². The van der Waals surface area contributed by atoms with Gasteiger partial charge in [0.1, 0.15) is 12.4 Å². The Morgan fingerprint density at radius 3 is 2.72 bits per heavy atom. The van der Waals surface area contributed by atoms with Crippen molar-refractivity contribution in [2.24, 2.45) is 0 Å². The topological polar surface area (TPSA) is 27.1 Å². The highest BCUT2D eigenvalue weighted by molar-refractivity contribution is 9.10. The third-order valence-corrected chi connectivity index (χ3v) is 3.37. The number of hydrogen-bond donors (Lipinski definition) is 0. The molecule has 0 N–H and O–H groups in total. The van der Waals surface area contributed by atoms with E-state index in [0.717, 1.165) is 28.2 Å². The lowest BCUT2D eigenvalue weighted by Crippen LogP contribution is -2.06. The molecule has 2 aromatic rings. The van der Waals surface area contributed by atoms with E-state index >= 15 is 0 Å². The van der Waals surface area contributed by atoms with Crippen molar-refractivity contribution in [2.75, 3.05) is 0 Å². The first kappa shape index (κ1) is 13.1. The number of rotatable bonds is 4. The van der Waals surface area contributed by atoms with Crippen LogP contribution in [-0.4, -0.2) is 9.78 Å². The van der Waals surface area contributed by atoms with E-state index in [9.17, 15) is 0 Å². The van der Waals surface area contributed by atoms with E-state index in [4.69, 9.17) is 4.74 Å². The van der Waals surface area contributed by atoms with E-state index in [1.54, 1.807) is 0 Å². The highest BCUT2D eigenvalue weighted by atomic mass is 79.9. The second kappa shape index (κ2) is 5.57. The Morgan fingerprint density at radius 1 is 1.28 bits per heavy atom. The molecular weight excluding hydrogens is 292 g/mol. The maximum absolute atomic E-state index is 5.83. The summed E-state index contributed by atoms with van der Waals surface area (Å²) >= 11 is 3.51. The van der Waals surface area contributed by atoms with Crippen LogP contribution < -0.4 is 4.74 Å². The fraction of sp³-hybridized carbons (Fsp3) is 0.357. The van der Waals surface area contributed by atoms with Crippen LogP contribution in [0.3, 0.4) is 0 Å². The van der Waals surface area contributed by atoms with Crippen molar-refractivity contribution in [3.8, 4) is 5.75 Å². The van der Waals surface area contributed by atoms with E-state index in [2.05, 4.69) is 47.0 Å². The smallest absolute Gasteiger partial charge is 0.134 e. The summed E-state index contributed by atoms with van der Waals surface area (Å²) in [4.78, 5) is 0. The van der Waals surface area contributed by atoms with Gasteiger partial charge in [-0.15, -0.1) is 0 Å². The molecule has 0 amide bonds. The minimum Gasteiger partial charge on any atom is -0.486 e.